The molecule has 0 saturated heterocycles. The molecule has 110 valence electrons. The summed E-state index contributed by atoms with van der Waals surface area (Å²) in [6.07, 6.45) is 4.10. The van der Waals surface area contributed by atoms with Gasteiger partial charge < -0.3 is 9.47 Å². The van der Waals surface area contributed by atoms with Crippen molar-refractivity contribution < 1.29 is 19.1 Å². The highest BCUT2D eigenvalue weighted by Crippen LogP contribution is 2.13. The lowest BCUT2D eigenvalue weighted by atomic mass is 10.2. The van der Waals surface area contributed by atoms with Crippen molar-refractivity contribution in [3.8, 4) is 5.75 Å². The van der Waals surface area contributed by atoms with Crippen LogP contribution in [0.2, 0.25) is 0 Å². The summed E-state index contributed by atoms with van der Waals surface area (Å²) >= 11 is 0. The summed E-state index contributed by atoms with van der Waals surface area (Å²) in [5.74, 6) is -0.712. The highest BCUT2D eigenvalue weighted by molar-refractivity contribution is 5.90. The van der Waals surface area contributed by atoms with E-state index < -0.39 is 11.9 Å². The predicted octanol–water partition coefficient (Wildman–Crippen LogP) is 3.61. The van der Waals surface area contributed by atoms with E-state index in [-0.39, 0.29) is 0 Å². The molecule has 0 unspecified atom stereocenters. The molecular weight excluding hydrogens is 280 g/mol. The highest BCUT2D eigenvalue weighted by Gasteiger charge is 2.06. The summed E-state index contributed by atoms with van der Waals surface area (Å²) in [7, 11) is 0. The Hall–Kier alpha value is -3.14. The van der Waals surface area contributed by atoms with Gasteiger partial charge >= 0.3 is 11.9 Å². The van der Waals surface area contributed by atoms with E-state index in [4.69, 9.17) is 9.47 Å². The van der Waals surface area contributed by atoms with Gasteiger partial charge in [0.15, 0.2) is 0 Å². The largest absolute Gasteiger partial charge is 0.431 e. The first-order valence-corrected chi connectivity index (χ1v) is 6.56. The molecule has 2 rings (SSSR count). The second kappa shape index (κ2) is 7.59. The van der Waals surface area contributed by atoms with Crippen LogP contribution in [0, 0.1) is 0 Å². The zero-order valence-corrected chi connectivity index (χ0v) is 11.8. The van der Waals surface area contributed by atoms with Crippen LogP contribution in [0.25, 0.3) is 6.08 Å². The SMILES string of the molecule is C=CC(=O)Oc1ccc(C(=O)O/C=C/c2ccccc2)cc1. The molecule has 22 heavy (non-hydrogen) atoms. The van der Waals surface area contributed by atoms with E-state index in [0.29, 0.717) is 11.3 Å². The standard InChI is InChI=1S/C18H14O4/c1-2-17(19)22-16-10-8-15(9-11-16)18(20)21-13-12-14-6-4-3-5-7-14/h2-13H,1H2/b13-12+. The predicted molar refractivity (Wildman–Crippen MR) is 83.2 cm³/mol. The fourth-order valence-corrected chi connectivity index (χ4v) is 1.62. The van der Waals surface area contributed by atoms with Crippen molar-refractivity contribution >= 4 is 18.0 Å². The van der Waals surface area contributed by atoms with Gasteiger partial charge in [0.2, 0.25) is 0 Å². The van der Waals surface area contributed by atoms with Gasteiger partial charge in [-0.1, -0.05) is 36.9 Å². The Morgan fingerprint density at radius 1 is 0.955 bits per heavy atom. The molecule has 0 radical (unpaired) electrons. The van der Waals surface area contributed by atoms with Gasteiger partial charge in [-0.15, -0.1) is 0 Å². The number of benzene rings is 2. The molecule has 4 nitrogen and oxygen atoms in total. The minimum Gasteiger partial charge on any atom is -0.431 e. The molecule has 2 aromatic rings. The van der Waals surface area contributed by atoms with Crippen LogP contribution in [0.4, 0.5) is 0 Å². The molecule has 2 aromatic carbocycles. The van der Waals surface area contributed by atoms with Crippen LogP contribution in [0.1, 0.15) is 15.9 Å². The Labute approximate surface area is 128 Å². The van der Waals surface area contributed by atoms with E-state index >= 15 is 0 Å². The zero-order chi connectivity index (χ0) is 15.8. The van der Waals surface area contributed by atoms with Crippen LogP contribution >= 0.6 is 0 Å². The van der Waals surface area contributed by atoms with Crippen LogP contribution in [-0.2, 0) is 9.53 Å². The van der Waals surface area contributed by atoms with Crippen molar-refractivity contribution in [2.45, 2.75) is 0 Å². The molecule has 0 aliphatic rings. The van der Waals surface area contributed by atoms with Gasteiger partial charge in [-0.3, -0.25) is 0 Å². The Balaban J connectivity index is 1.94. The third-order valence-corrected chi connectivity index (χ3v) is 2.71. The zero-order valence-electron chi connectivity index (χ0n) is 11.8. The van der Waals surface area contributed by atoms with Gasteiger partial charge in [0.1, 0.15) is 5.75 Å². The normalized spacial score (nSPS) is 10.2. The van der Waals surface area contributed by atoms with Gasteiger partial charge in [-0.05, 0) is 35.9 Å². The van der Waals surface area contributed by atoms with Gasteiger partial charge in [0, 0.05) is 6.08 Å². The van der Waals surface area contributed by atoms with E-state index in [0.717, 1.165) is 11.6 Å². The molecule has 0 bridgehead atoms. The molecule has 0 aliphatic carbocycles. The van der Waals surface area contributed by atoms with Crippen molar-refractivity contribution in [1.29, 1.82) is 0 Å². The van der Waals surface area contributed by atoms with Crippen LogP contribution in [0.15, 0.2) is 73.5 Å². The first-order chi connectivity index (χ1) is 10.7. The van der Waals surface area contributed by atoms with Crippen LogP contribution in [0.3, 0.4) is 0 Å². The van der Waals surface area contributed by atoms with Crippen molar-refractivity contribution in [3.63, 3.8) is 0 Å². The first-order valence-electron chi connectivity index (χ1n) is 6.56. The quantitative estimate of drug-likeness (QED) is 0.366. The molecule has 0 heterocycles. The van der Waals surface area contributed by atoms with Crippen molar-refractivity contribution in [1.82, 2.24) is 0 Å². The summed E-state index contributed by atoms with van der Waals surface area (Å²) in [5, 5.41) is 0. The van der Waals surface area contributed by atoms with Gasteiger partial charge in [-0.25, -0.2) is 9.59 Å². The van der Waals surface area contributed by atoms with Gasteiger partial charge in [-0.2, -0.15) is 0 Å². The average Bonchev–Trinajstić information content (AvgIpc) is 2.56. The lowest BCUT2D eigenvalue weighted by Crippen LogP contribution is -2.04. The fourth-order valence-electron chi connectivity index (χ4n) is 1.62. The smallest absolute Gasteiger partial charge is 0.342 e. The second-order valence-corrected chi connectivity index (χ2v) is 4.27. The summed E-state index contributed by atoms with van der Waals surface area (Å²) in [5.41, 5.74) is 1.29. The molecular formula is C18H14O4. The minimum atomic E-state index is -0.555. The Morgan fingerprint density at radius 2 is 1.64 bits per heavy atom. The third-order valence-electron chi connectivity index (χ3n) is 2.71. The number of rotatable bonds is 5. The molecule has 0 atom stereocenters. The summed E-state index contributed by atoms with van der Waals surface area (Å²) in [6, 6.07) is 15.5. The number of esters is 2. The lowest BCUT2D eigenvalue weighted by Gasteiger charge is -2.03. The average molecular weight is 294 g/mol. The van der Waals surface area contributed by atoms with E-state index in [9.17, 15) is 9.59 Å². The number of carbonyl (C=O) groups excluding carboxylic acids is 2. The number of hydrogen-bond donors (Lipinski definition) is 0. The number of carbonyl (C=O) groups is 2. The molecule has 0 N–H and O–H groups in total. The lowest BCUT2D eigenvalue weighted by molar-refractivity contribution is -0.128. The van der Waals surface area contributed by atoms with Crippen LogP contribution < -0.4 is 4.74 Å². The summed E-state index contributed by atoms with van der Waals surface area (Å²) in [4.78, 5) is 22.9. The Morgan fingerprint density at radius 3 is 2.27 bits per heavy atom. The van der Waals surface area contributed by atoms with Crippen molar-refractivity contribution in [3.05, 3.63) is 84.6 Å². The van der Waals surface area contributed by atoms with Crippen LogP contribution in [0.5, 0.6) is 5.75 Å². The van der Waals surface area contributed by atoms with E-state index in [1.54, 1.807) is 6.08 Å². The maximum Gasteiger partial charge on any atom is 0.342 e. The topological polar surface area (TPSA) is 52.6 Å². The molecule has 4 heteroatoms. The van der Waals surface area contributed by atoms with Gasteiger partial charge in [0.25, 0.3) is 0 Å². The highest BCUT2D eigenvalue weighted by atomic mass is 16.5. The Kier molecular flexibility index (Phi) is 5.26. The van der Waals surface area contributed by atoms with E-state index in [1.165, 1.54) is 30.5 Å². The number of hydrogen-bond acceptors (Lipinski definition) is 4. The molecule has 0 amide bonds. The van der Waals surface area contributed by atoms with E-state index in [1.807, 2.05) is 30.3 Å². The number of ether oxygens (including phenoxy) is 2. The minimum absolute atomic E-state index is 0.335. The van der Waals surface area contributed by atoms with Crippen molar-refractivity contribution in [2.24, 2.45) is 0 Å². The molecule has 0 aromatic heterocycles. The molecule has 0 spiro atoms. The monoisotopic (exact) mass is 294 g/mol. The maximum absolute atomic E-state index is 11.8. The van der Waals surface area contributed by atoms with Crippen LogP contribution in [-0.4, -0.2) is 11.9 Å². The fraction of sp³-hybridized carbons (Fsp3) is 0. The van der Waals surface area contributed by atoms with E-state index in [2.05, 4.69) is 6.58 Å². The summed E-state index contributed by atoms with van der Waals surface area (Å²) in [6.45, 7) is 3.30. The van der Waals surface area contributed by atoms with Crippen molar-refractivity contribution in [2.75, 3.05) is 0 Å². The Bertz CT molecular complexity index is 685. The maximum atomic E-state index is 11.8. The molecule has 0 aliphatic heterocycles. The summed E-state index contributed by atoms with van der Waals surface area (Å²) < 4.78 is 9.94. The third kappa shape index (κ3) is 4.45. The molecule has 0 saturated carbocycles. The molecule has 0 fully saturated rings. The van der Waals surface area contributed by atoms with Gasteiger partial charge in [0.05, 0.1) is 11.8 Å². The second-order valence-electron chi connectivity index (χ2n) is 4.27. The first kappa shape index (κ1) is 15.3.